The van der Waals surface area contributed by atoms with Gasteiger partial charge in [0.2, 0.25) is 0 Å². The first-order valence-electron chi connectivity index (χ1n) is 20.1. The van der Waals surface area contributed by atoms with Crippen LogP contribution in [0.2, 0.25) is 0 Å². The number of hydrogen-bond acceptors (Lipinski definition) is 16. The number of amides is 1. The minimum absolute atomic E-state index is 0.0352. The van der Waals surface area contributed by atoms with Crippen LogP contribution in [0.5, 0.6) is 0 Å². The van der Waals surface area contributed by atoms with Crippen molar-refractivity contribution in [2.75, 3.05) is 13.7 Å². The third-order valence-electron chi connectivity index (χ3n) is 13.3. The average molecular weight is 860 g/mol. The van der Waals surface area contributed by atoms with Gasteiger partial charge in [0.05, 0.1) is 49.0 Å². The van der Waals surface area contributed by atoms with Crippen LogP contribution in [0.3, 0.4) is 0 Å². The SMILES string of the molecule is COC(=O)O[C@@]12COC1C[C@H](O)[C@@]1(C)C(=O)[C@H](OC(C)=O)C3=C(C)[C@@H](OC(=O)[C@H](O)[C@@H](NC(=O)c4ccco4)c4ccccc4)C[C@@](O)([C@@H](OC(=O)c4ccccc4)C21)C3(C)C. The molecule has 4 N–H and O–H groups in total. The van der Waals surface area contributed by atoms with E-state index in [0.717, 1.165) is 14.0 Å². The summed E-state index contributed by atoms with van der Waals surface area (Å²) in [6, 6.07) is 17.3. The van der Waals surface area contributed by atoms with Gasteiger partial charge in [0.1, 0.15) is 23.9 Å². The summed E-state index contributed by atoms with van der Waals surface area (Å²) in [5.41, 5.74) is -7.69. The fourth-order valence-electron chi connectivity index (χ4n) is 9.92. The van der Waals surface area contributed by atoms with E-state index in [1.807, 2.05) is 0 Å². The normalized spacial score (nSPS) is 31.9. The molecule has 2 aromatic carbocycles. The summed E-state index contributed by atoms with van der Waals surface area (Å²) in [5.74, 6) is -6.55. The molecule has 3 aliphatic carbocycles. The number of rotatable bonds is 10. The summed E-state index contributed by atoms with van der Waals surface area (Å²) in [5, 5.41) is 40.1. The van der Waals surface area contributed by atoms with Gasteiger partial charge >= 0.3 is 24.1 Å². The van der Waals surface area contributed by atoms with Crippen LogP contribution in [0.15, 0.2) is 94.6 Å². The summed E-state index contributed by atoms with van der Waals surface area (Å²) >= 11 is 0. The molecular weight excluding hydrogens is 810 g/mol. The molecule has 7 rings (SSSR count). The fraction of sp³-hybridized carbons (Fsp3) is 0.467. The van der Waals surface area contributed by atoms with Crippen LogP contribution >= 0.6 is 0 Å². The second-order valence-corrected chi connectivity index (χ2v) is 16.9. The number of ether oxygens (including phenoxy) is 6. The number of methoxy groups -OCH3 is 1. The van der Waals surface area contributed by atoms with Crippen molar-refractivity contribution in [1.29, 1.82) is 0 Å². The Bertz CT molecular complexity index is 2260. The lowest BCUT2D eigenvalue weighted by molar-refractivity contribution is -0.344. The van der Waals surface area contributed by atoms with Gasteiger partial charge in [-0.05, 0) is 54.8 Å². The largest absolute Gasteiger partial charge is 0.508 e. The summed E-state index contributed by atoms with van der Waals surface area (Å²) in [6.45, 7) is 6.61. The molecule has 0 spiro atoms. The molecule has 330 valence electrons. The van der Waals surface area contributed by atoms with Crippen LogP contribution in [0.1, 0.15) is 80.0 Å². The molecule has 1 aromatic heterocycles. The molecule has 17 nitrogen and oxygen atoms in total. The zero-order valence-corrected chi connectivity index (χ0v) is 34.9. The van der Waals surface area contributed by atoms with Crippen LogP contribution in [0.4, 0.5) is 4.79 Å². The number of Topliss-reactive ketones (excluding diaryl/α,β-unsaturated/α-hetero) is 1. The minimum atomic E-state index is -2.44. The number of ketones is 1. The number of aliphatic hydroxyl groups excluding tert-OH is 2. The summed E-state index contributed by atoms with van der Waals surface area (Å²) < 4.78 is 40.2. The zero-order chi connectivity index (χ0) is 44.9. The van der Waals surface area contributed by atoms with Crippen molar-refractivity contribution >= 4 is 35.8 Å². The van der Waals surface area contributed by atoms with E-state index >= 15 is 4.79 Å². The zero-order valence-electron chi connectivity index (χ0n) is 34.9. The molecule has 11 atom stereocenters. The number of fused-ring (bicyclic) bond motifs is 5. The van der Waals surface area contributed by atoms with E-state index in [1.54, 1.807) is 48.5 Å². The summed E-state index contributed by atoms with van der Waals surface area (Å²) in [4.78, 5) is 83.3. The lowest BCUT2D eigenvalue weighted by atomic mass is 9.44. The van der Waals surface area contributed by atoms with Gasteiger partial charge in [-0.25, -0.2) is 14.4 Å². The Balaban J connectivity index is 1.40. The first-order valence-corrected chi connectivity index (χ1v) is 20.1. The van der Waals surface area contributed by atoms with Crippen molar-refractivity contribution in [3.8, 4) is 0 Å². The van der Waals surface area contributed by atoms with Crippen molar-refractivity contribution in [3.05, 3.63) is 107 Å². The third kappa shape index (κ3) is 7.15. The molecule has 62 heavy (non-hydrogen) atoms. The van der Waals surface area contributed by atoms with E-state index < -0.39 is 119 Å². The lowest BCUT2D eigenvalue weighted by Crippen LogP contribution is -2.82. The topological polar surface area (TPSA) is 244 Å². The molecule has 3 aromatic rings. The van der Waals surface area contributed by atoms with Crippen molar-refractivity contribution in [2.45, 2.75) is 101 Å². The highest BCUT2D eigenvalue weighted by Gasteiger charge is 2.78. The molecule has 2 heterocycles. The van der Waals surface area contributed by atoms with Gasteiger partial charge in [0.25, 0.3) is 5.91 Å². The molecule has 1 amide bonds. The van der Waals surface area contributed by atoms with Crippen LogP contribution in [0.25, 0.3) is 0 Å². The second-order valence-electron chi connectivity index (χ2n) is 16.9. The van der Waals surface area contributed by atoms with Crippen molar-refractivity contribution < 1.29 is 76.9 Å². The Hall–Kier alpha value is -5.88. The molecule has 2 saturated carbocycles. The molecule has 4 aliphatic rings. The fourth-order valence-corrected chi connectivity index (χ4v) is 9.92. The van der Waals surface area contributed by atoms with E-state index in [0.29, 0.717) is 5.56 Å². The standard InChI is InChI=1S/C45H49NO16/c1-23-28(60-40(53)33(49)32(25-14-9-7-10-15-25)46-38(51)27-18-13-19-57-27)21-45(55)37(61-39(52)26-16-11-8-12-17-26)35-43(5,36(50)34(59-24(2)47)31(23)42(45,3)4)29(48)20-30-44(35,22-58-30)62-41(54)56-6/h7-19,28-30,32-35,37,48-49,55H,20-22H2,1-6H3,(H,46,51)/t28-,29-,30?,32-,33+,34+,35?,37-,43+,44-,45+/m0/s1. The number of esters is 3. The van der Waals surface area contributed by atoms with E-state index in [4.69, 9.17) is 32.8 Å². The van der Waals surface area contributed by atoms with Gasteiger partial charge in [-0.2, -0.15) is 0 Å². The number of carbonyl (C=O) groups is 6. The van der Waals surface area contributed by atoms with Gasteiger partial charge in [-0.15, -0.1) is 0 Å². The minimum Gasteiger partial charge on any atom is -0.459 e. The molecule has 0 radical (unpaired) electrons. The Morgan fingerprint density at radius 3 is 2.16 bits per heavy atom. The average Bonchev–Trinajstić information content (AvgIpc) is 3.79. The Morgan fingerprint density at radius 2 is 1.58 bits per heavy atom. The van der Waals surface area contributed by atoms with Crippen LogP contribution in [-0.4, -0.2) is 113 Å². The number of nitrogens with one attached hydrogen (secondary N) is 1. The highest BCUT2D eigenvalue weighted by Crippen LogP contribution is 2.64. The van der Waals surface area contributed by atoms with E-state index in [9.17, 15) is 39.3 Å². The number of benzene rings is 2. The van der Waals surface area contributed by atoms with Crippen LogP contribution < -0.4 is 5.32 Å². The predicted molar refractivity (Wildman–Crippen MR) is 212 cm³/mol. The quantitative estimate of drug-likeness (QED) is 0.129. The van der Waals surface area contributed by atoms with Crippen LogP contribution in [0, 0.1) is 16.7 Å². The number of carbonyl (C=O) groups excluding carboxylic acids is 6. The van der Waals surface area contributed by atoms with Gasteiger partial charge in [-0.3, -0.25) is 14.4 Å². The third-order valence-corrected chi connectivity index (χ3v) is 13.3. The van der Waals surface area contributed by atoms with E-state index in [2.05, 4.69) is 5.32 Å². The van der Waals surface area contributed by atoms with Gasteiger partial charge in [0, 0.05) is 25.2 Å². The Morgan fingerprint density at radius 1 is 0.919 bits per heavy atom. The highest BCUT2D eigenvalue weighted by atomic mass is 16.8. The van der Waals surface area contributed by atoms with Gasteiger partial charge in [-0.1, -0.05) is 62.4 Å². The first-order chi connectivity index (χ1) is 29.3. The molecule has 2 unspecified atom stereocenters. The molecule has 3 fully saturated rings. The van der Waals surface area contributed by atoms with Crippen LogP contribution in [-0.2, 0) is 42.8 Å². The maximum atomic E-state index is 15.5. The monoisotopic (exact) mass is 859 g/mol. The second kappa shape index (κ2) is 16.4. The molecular formula is C45H49NO16. The number of furan rings is 1. The Kier molecular flexibility index (Phi) is 11.7. The smallest absolute Gasteiger partial charge is 0.459 e. The van der Waals surface area contributed by atoms with Crippen molar-refractivity contribution in [3.63, 3.8) is 0 Å². The first kappa shape index (κ1) is 44.2. The molecule has 1 aliphatic heterocycles. The van der Waals surface area contributed by atoms with Crippen molar-refractivity contribution in [1.82, 2.24) is 5.32 Å². The molecule has 17 heteroatoms. The summed E-state index contributed by atoms with van der Waals surface area (Å²) in [7, 11) is 1.06. The summed E-state index contributed by atoms with van der Waals surface area (Å²) in [6.07, 6.45) is -10.8. The highest BCUT2D eigenvalue weighted by molar-refractivity contribution is 5.96. The van der Waals surface area contributed by atoms with E-state index in [-0.39, 0.29) is 28.9 Å². The molecule has 1 saturated heterocycles. The van der Waals surface area contributed by atoms with E-state index in [1.165, 1.54) is 58.2 Å². The maximum Gasteiger partial charge on any atom is 0.508 e. The predicted octanol–water partition coefficient (Wildman–Crippen LogP) is 3.55. The maximum absolute atomic E-state index is 15.5. The van der Waals surface area contributed by atoms with Gasteiger partial charge < -0.3 is 53.5 Å². The Labute approximate surface area is 356 Å². The number of aliphatic hydroxyl groups is 3. The molecule has 2 bridgehead atoms. The van der Waals surface area contributed by atoms with Gasteiger partial charge in [0.15, 0.2) is 29.4 Å². The number of hydrogen-bond donors (Lipinski definition) is 4. The lowest BCUT2D eigenvalue weighted by Gasteiger charge is -2.67. The van der Waals surface area contributed by atoms with Crippen molar-refractivity contribution in [2.24, 2.45) is 16.7 Å².